The summed E-state index contributed by atoms with van der Waals surface area (Å²) in [5.74, 6) is -0.323. The Morgan fingerprint density at radius 3 is 2.25 bits per heavy atom. The van der Waals surface area contributed by atoms with Crippen molar-refractivity contribution in [2.45, 2.75) is 56.0 Å². The fraction of sp³-hybridized carbons (Fsp3) is 0.824. The molecule has 2 saturated carbocycles. The first-order chi connectivity index (χ1) is 11.0. The van der Waals surface area contributed by atoms with Crippen LogP contribution in [0.15, 0.2) is 0 Å². The second-order valence-corrected chi connectivity index (χ2v) is 16.5. The van der Waals surface area contributed by atoms with E-state index >= 15 is 0 Å². The van der Waals surface area contributed by atoms with Crippen molar-refractivity contribution >= 4 is 49.4 Å². The third-order valence-corrected chi connectivity index (χ3v) is 16.5. The van der Waals surface area contributed by atoms with Gasteiger partial charge in [-0.15, -0.1) is 34.0 Å². The molecule has 0 spiro atoms. The molecule has 0 aromatic heterocycles. The van der Waals surface area contributed by atoms with Crippen molar-refractivity contribution in [1.82, 2.24) is 0 Å². The lowest BCUT2D eigenvalue weighted by atomic mass is 9.72. The molecule has 3 N–H and O–H groups in total. The molecule has 7 heteroatoms. The highest BCUT2D eigenvalue weighted by Crippen LogP contribution is 2.75. The maximum atomic E-state index is 11.2. The summed E-state index contributed by atoms with van der Waals surface area (Å²) in [6, 6.07) is 0. The molecule has 2 rings (SSSR count). The minimum atomic E-state index is -1.32. The maximum absolute atomic E-state index is 11.2. The van der Waals surface area contributed by atoms with Gasteiger partial charge in [0, 0.05) is 5.41 Å². The SMILES string of the molecule is B[C@@H]1C2C[C@@]2(C(O)[PH](=C)C(C[PH](=C)CC)[PH](=C)CC)[C@@H](O)[C@@]1(C)O. The minimum absolute atomic E-state index is 0.0224. The Labute approximate surface area is 150 Å². The van der Waals surface area contributed by atoms with E-state index in [1.54, 1.807) is 6.92 Å². The van der Waals surface area contributed by atoms with E-state index in [0.717, 1.165) is 24.9 Å². The van der Waals surface area contributed by atoms with Crippen LogP contribution in [0.3, 0.4) is 0 Å². The first kappa shape index (κ1) is 21.1. The van der Waals surface area contributed by atoms with E-state index in [1.165, 1.54) is 0 Å². The van der Waals surface area contributed by atoms with Gasteiger partial charge in [-0.05, 0) is 49.0 Å². The summed E-state index contributed by atoms with van der Waals surface area (Å²) < 4.78 is 0. The Kier molecular flexibility index (Phi) is 6.57. The molecule has 24 heavy (non-hydrogen) atoms. The number of hydrogen-bond donors (Lipinski definition) is 3. The van der Waals surface area contributed by atoms with Crippen LogP contribution in [0.4, 0.5) is 0 Å². The lowest BCUT2D eigenvalue weighted by molar-refractivity contribution is -0.0862. The Morgan fingerprint density at radius 1 is 1.25 bits per heavy atom. The molecule has 2 fully saturated rings. The molecule has 2 aliphatic carbocycles. The van der Waals surface area contributed by atoms with Gasteiger partial charge in [0.1, 0.15) is 7.85 Å². The average Bonchev–Trinajstić information content (AvgIpc) is 3.28. The van der Waals surface area contributed by atoms with Crippen molar-refractivity contribution in [1.29, 1.82) is 0 Å². The first-order valence-electron chi connectivity index (χ1n) is 9.17. The number of aliphatic hydroxyl groups excluding tert-OH is 2. The summed E-state index contributed by atoms with van der Waals surface area (Å²) >= 11 is 0. The van der Waals surface area contributed by atoms with E-state index in [4.69, 9.17) is 0 Å². The van der Waals surface area contributed by atoms with Gasteiger partial charge in [0.2, 0.25) is 0 Å². The predicted octanol–water partition coefficient (Wildman–Crippen LogP) is 1.16. The molecule has 6 unspecified atom stereocenters. The fourth-order valence-corrected chi connectivity index (χ4v) is 14.7. The van der Waals surface area contributed by atoms with Gasteiger partial charge in [0.05, 0.1) is 17.6 Å². The van der Waals surface area contributed by atoms with E-state index < -0.39 is 45.6 Å². The molecule has 0 bridgehead atoms. The van der Waals surface area contributed by atoms with Crippen LogP contribution < -0.4 is 0 Å². The van der Waals surface area contributed by atoms with Crippen LogP contribution in [0.1, 0.15) is 27.2 Å². The van der Waals surface area contributed by atoms with Crippen LogP contribution in [-0.2, 0) is 0 Å². The van der Waals surface area contributed by atoms with Crippen LogP contribution in [0, 0.1) is 11.3 Å². The van der Waals surface area contributed by atoms with Crippen molar-refractivity contribution in [2.75, 3.05) is 18.5 Å². The second-order valence-electron chi connectivity index (χ2n) is 8.19. The van der Waals surface area contributed by atoms with Crippen LogP contribution >= 0.6 is 22.6 Å². The number of fused-ring (bicyclic) bond motifs is 1. The molecule has 0 saturated heterocycles. The van der Waals surface area contributed by atoms with Crippen molar-refractivity contribution < 1.29 is 15.3 Å². The molecule has 10 atom stereocenters. The molecule has 140 valence electrons. The molecule has 0 aromatic carbocycles. The van der Waals surface area contributed by atoms with Crippen LogP contribution in [-0.4, -0.2) is 83.5 Å². The Balaban J connectivity index is 2.25. The number of rotatable bonds is 8. The third kappa shape index (κ3) is 3.26. The standard InChI is InChI=1S/C17H36BO3P3/c1-7-22(4)10-12(23(5)8-2)24(6)15(20)17-9-11(17)13(18)16(3,21)14(17)19/h11-15,19-24H,4-10,18H2,1-3H3/t11?,12?,13-,14+,15?,16+,17+/m1/s1. The van der Waals surface area contributed by atoms with E-state index in [2.05, 4.69) is 32.7 Å². The van der Waals surface area contributed by atoms with Crippen molar-refractivity contribution in [3.05, 3.63) is 0 Å². The van der Waals surface area contributed by atoms with Gasteiger partial charge < -0.3 is 15.3 Å². The van der Waals surface area contributed by atoms with Crippen molar-refractivity contribution in [2.24, 2.45) is 11.3 Å². The van der Waals surface area contributed by atoms with Gasteiger partial charge in [0.15, 0.2) is 0 Å². The molecule has 0 aliphatic heterocycles. The number of aliphatic hydroxyl groups is 3. The molecule has 0 heterocycles. The zero-order valence-electron chi connectivity index (χ0n) is 15.7. The van der Waals surface area contributed by atoms with Gasteiger partial charge in [-0.1, -0.05) is 21.4 Å². The smallest absolute Gasteiger partial charge is 0.109 e. The average molecular weight is 392 g/mol. The van der Waals surface area contributed by atoms with Crippen LogP contribution in [0.5, 0.6) is 0 Å². The maximum Gasteiger partial charge on any atom is 0.109 e. The lowest BCUT2D eigenvalue weighted by Crippen LogP contribution is -2.46. The summed E-state index contributed by atoms with van der Waals surface area (Å²) in [5, 5.41) is 33.1. The monoisotopic (exact) mass is 392 g/mol. The van der Waals surface area contributed by atoms with E-state index in [0.29, 0.717) is 5.40 Å². The summed E-state index contributed by atoms with van der Waals surface area (Å²) in [6.07, 6.45) is 16.5. The second kappa shape index (κ2) is 7.46. The summed E-state index contributed by atoms with van der Waals surface area (Å²) in [4.78, 5) is 0. The zero-order valence-corrected chi connectivity index (χ0v) is 18.7. The number of hydrogen-bond acceptors (Lipinski definition) is 3. The van der Waals surface area contributed by atoms with Crippen LogP contribution in [0.2, 0.25) is 5.82 Å². The van der Waals surface area contributed by atoms with Gasteiger partial charge in [-0.2, -0.15) is 0 Å². The van der Waals surface area contributed by atoms with Gasteiger partial charge in [-0.25, -0.2) is 0 Å². The topological polar surface area (TPSA) is 60.7 Å². The molecule has 0 aromatic rings. The molecule has 2 aliphatic rings. The third-order valence-electron chi connectivity index (χ3n) is 6.94. The molecular weight excluding hydrogens is 356 g/mol. The summed E-state index contributed by atoms with van der Waals surface area (Å²) in [6.45, 7) is 6.10. The van der Waals surface area contributed by atoms with Gasteiger partial charge >= 0.3 is 0 Å². The molecule has 0 radical (unpaired) electrons. The predicted molar refractivity (Wildman–Crippen MR) is 122 cm³/mol. The highest BCUT2D eigenvalue weighted by molar-refractivity contribution is 7.75. The fourth-order valence-electron chi connectivity index (χ4n) is 4.70. The quantitative estimate of drug-likeness (QED) is 0.429. The summed E-state index contributed by atoms with van der Waals surface area (Å²) in [5.41, 5.74) is -1.62. The lowest BCUT2D eigenvalue weighted by Gasteiger charge is -2.37. The van der Waals surface area contributed by atoms with Crippen molar-refractivity contribution in [3.8, 4) is 0 Å². The highest BCUT2D eigenvalue weighted by Gasteiger charge is 2.76. The summed E-state index contributed by atoms with van der Waals surface area (Å²) in [7, 11) is -0.760. The Bertz CT molecular complexity index is 565. The largest absolute Gasteiger partial charge is 0.389 e. The highest BCUT2D eigenvalue weighted by atomic mass is 31.2. The van der Waals surface area contributed by atoms with Gasteiger partial charge in [-0.3, -0.25) is 0 Å². The molecule has 3 nitrogen and oxygen atoms in total. The molecule has 0 amide bonds. The van der Waals surface area contributed by atoms with Crippen molar-refractivity contribution in [3.63, 3.8) is 0 Å². The van der Waals surface area contributed by atoms with Gasteiger partial charge in [0.25, 0.3) is 0 Å². The normalized spacial score (nSPS) is 44.3. The Morgan fingerprint density at radius 2 is 1.83 bits per heavy atom. The minimum Gasteiger partial charge on any atom is -0.389 e. The first-order valence-corrected chi connectivity index (χ1v) is 15.1. The van der Waals surface area contributed by atoms with E-state index in [9.17, 15) is 15.3 Å². The van der Waals surface area contributed by atoms with E-state index in [-0.39, 0.29) is 11.7 Å². The molecular formula is C17H36BO3P3. The van der Waals surface area contributed by atoms with Crippen LogP contribution in [0.25, 0.3) is 0 Å². The van der Waals surface area contributed by atoms with E-state index in [1.807, 2.05) is 7.85 Å². The Hall–Kier alpha value is 0.845. The zero-order chi connectivity index (χ0) is 18.4.